The van der Waals surface area contributed by atoms with Gasteiger partial charge < -0.3 is 19.7 Å². The molecule has 0 spiro atoms. The van der Waals surface area contributed by atoms with Gasteiger partial charge in [-0.3, -0.25) is 0 Å². The van der Waals surface area contributed by atoms with Crippen LogP contribution in [0.2, 0.25) is 0 Å². The van der Waals surface area contributed by atoms with Crippen LogP contribution in [-0.2, 0) is 20.4 Å². The Bertz CT molecular complexity index is 2030. The van der Waals surface area contributed by atoms with Crippen LogP contribution < -0.4 is 19.7 Å². The Kier molecular flexibility index (Phi) is 32.3. The van der Waals surface area contributed by atoms with Gasteiger partial charge in [0.2, 0.25) is 0 Å². The number of methoxy groups -OCH3 is 2. The molecule has 5 rings (SSSR count). The van der Waals surface area contributed by atoms with Gasteiger partial charge in [0.1, 0.15) is 11.5 Å². The van der Waals surface area contributed by atoms with Gasteiger partial charge in [-0.1, -0.05) is 99.4 Å². The summed E-state index contributed by atoms with van der Waals surface area (Å²) in [5, 5.41) is 6.16. The summed E-state index contributed by atoms with van der Waals surface area (Å²) in [7, 11) is 2.57. The summed E-state index contributed by atoms with van der Waals surface area (Å²) in [6, 6.07) is 43.1. The number of ether oxygens (including phenoxy) is 2. The molecule has 4 nitrogen and oxygen atoms in total. The fourth-order valence-corrected chi connectivity index (χ4v) is 24.6. The van der Waals surface area contributed by atoms with E-state index in [9.17, 15) is 0 Å². The molecule has 0 aliphatic carbocycles. The van der Waals surface area contributed by atoms with Crippen molar-refractivity contribution in [2.45, 2.75) is 190 Å². The van der Waals surface area contributed by atoms with Gasteiger partial charge in [-0.2, -0.15) is 0 Å². The quantitative estimate of drug-likeness (QED) is 0.130. The summed E-state index contributed by atoms with van der Waals surface area (Å²) in [6.07, 6.45) is 0. The van der Waals surface area contributed by atoms with Crippen LogP contribution in [0.1, 0.15) is 155 Å². The fourth-order valence-electron chi connectivity index (χ4n) is 10.8. The third-order valence-electron chi connectivity index (χ3n) is 10.9. The van der Waals surface area contributed by atoms with Crippen molar-refractivity contribution in [1.82, 2.24) is 0 Å². The van der Waals surface area contributed by atoms with Crippen LogP contribution in [-0.4, -0.2) is 58.2 Å². The van der Waals surface area contributed by atoms with Crippen molar-refractivity contribution in [1.29, 1.82) is 0 Å². The average Bonchev–Trinajstić information content (AvgIpc) is 3.21. The smallest absolute Gasteiger partial charge is 0.120 e. The first kappa shape index (κ1) is 70.4. The topological polar surface area (TPSA) is 33.7 Å². The molecule has 71 heavy (non-hydrogen) atoms. The van der Waals surface area contributed by atoms with E-state index in [0.717, 1.165) is 34.7 Å². The molecule has 0 heterocycles. The number of halogens is 1. The Morgan fingerprint density at radius 1 is 0.437 bits per heavy atom. The van der Waals surface area contributed by atoms with E-state index in [1.807, 2.05) is 54.6 Å². The van der Waals surface area contributed by atoms with Gasteiger partial charge in [0.15, 0.2) is 0 Å². The van der Waals surface area contributed by atoms with Crippen molar-refractivity contribution in [3.63, 3.8) is 0 Å². The molecule has 0 amide bonds. The van der Waals surface area contributed by atoms with Crippen molar-refractivity contribution in [3.8, 4) is 11.5 Å². The van der Waals surface area contributed by atoms with Crippen LogP contribution in [0, 0.1) is 20.8 Å². The Morgan fingerprint density at radius 3 is 1.07 bits per heavy atom. The third kappa shape index (κ3) is 29.7. The van der Waals surface area contributed by atoms with E-state index in [2.05, 4.69) is 258 Å². The molecule has 0 aliphatic heterocycles. The number of aryl methyl sites for hydroxylation is 3. The van der Waals surface area contributed by atoms with Crippen molar-refractivity contribution >= 4 is 48.8 Å². The number of nitrogens with zero attached hydrogens (tertiary/aromatic N) is 1. The zero-order valence-electron chi connectivity index (χ0n) is 49.5. The first-order chi connectivity index (χ1) is 32.0. The van der Waals surface area contributed by atoms with Gasteiger partial charge in [0, 0.05) is 77.0 Å². The van der Waals surface area contributed by atoms with Crippen LogP contribution in [0.15, 0.2) is 132 Å². The maximum absolute atomic E-state index is 5.28. The number of rotatable bonds is 7. The molecule has 8 heteroatoms. The largest absolute Gasteiger partial charge is 0.497 e. The molecular formula is C63H103BrN2O2P2Pd+2. The number of hydrogen-bond donors (Lipinski definition) is 1. The molecule has 402 valence electrons. The monoisotopic (exact) mass is 1170 g/mol. The fraction of sp³-hybridized carbons (Fsp3) is 0.524. The van der Waals surface area contributed by atoms with Crippen molar-refractivity contribution in [2.75, 3.05) is 37.5 Å². The number of anilines is 3. The molecule has 0 atom stereocenters. The first-order valence-corrected chi connectivity index (χ1v) is 29.2. The van der Waals surface area contributed by atoms with E-state index >= 15 is 0 Å². The molecule has 0 bridgehead atoms. The SMILES string of the molecule is CC(C)(C)[PH+](C(C)(C)C)C(C)(C)C.CC(C)(C)[PH+](C(C)(C)C)C(C)(C)C.CCN(c1ccc(C)cc1)c1cccc(OC)c1.CCNc1ccc(C)cc1.COc1cccc(Br)c1.Cc1ccccc1.[Pd]. The van der Waals surface area contributed by atoms with E-state index < -0.39 is 15.8 Å². The van der Waals surface area contributed by atoms with Crippen LogP contribution in [0.4, 0.5) is 17.1 Å². The van der Waals surface area contributed by atoms with Crippen molar-refractivity contribution in [2.24, 2.45) is 0 Å². The van der Waals surface area contributed by atoms with E-state index in [0.29, 0.717) is 30.9 Å². The molecule has 0 unspecified atom stereocenters. The zero-order chi connectivity index (χ0) is 54.3. The number of nitrogens with one attached hydrogen (secondary N) is 1. The molecule has 1 N–H and O–H groups in total. The second-order valence-corrected chi connectivity index (χ2v) is 35.7. The van der Waals surface area contributed by atoms with Gasteiger partial charge in [0.25, 0.3) is 0 Å². The molecular weight excluding hydrogens is 1060 g/mol. The Labute approximate surface area is 463 Å². The zero-order valence-corrected chi connectivity index (χ0v) is 54.6. The molecule has 0 aromatic heterocycles. The van der Waals surface area contributed by atoms with E-state index in [4.69, 9.17) is 9.47 Å². The van der Waals surface area contributed by atoms with Crippen LogP contribution in [0.3, 0.4) is 0 Å². The standard InChI is InChI=1S/C16H19NO.2C12H27P.C9H13N.C7H7BrO.C7H8.Pd/c1-4-17(14-10-8-13(2)9-11-14)15-6-5-7-16(12-15)18-3;2*1-10(2,3)13(11(4,5)6)12(7,8)9;1-3-10-9-6-4-8(2)5-7-9;1-9-7-4-2-3-6(8)5-7;1-7-5-3-2-4-6-7;/h5-12H,4H2,1-3H3;2*1-9H3;4-7,10H,3H2,1-2H3;2-5H,1H3;2-6H,1H3;/p+2. The van der Waals surface area contributed by atoms with Crippen molar-refractivity contribution < 1.29 is 29.9 Å². The van der Waals surface area contributed by atoms with Gasteiger partial charge in [-0.25, -0.2) is 0 Å². The van der Waals surface area contributed by atoms with Crippen LogP contribution in [0.25, 0.3) is 0 Å². The maximum Gasteiger partial charge on any atom is 0.120 e. The Balaban J connectivity index is 0. The maximum atomic E-state index is 5.28. The summed E-state index contributed by atoms with van der Waals surface area (Å²) < 4.78 is 11.3. The molecule has 0 aliphatic rings. The van der Waals surface area contributed by atoms with Gasteiger partial charge in [-0.15, -0.1) is 0 Å². The molecule has 0 radical (unpaired) electrons. The molecule has 5 aromatic carbocycles. The summed E-state index contributed by atoms with van der Waals surface area (Å²) in [4.78, 5) is 2.27. The van der Waals surface area contributed by atoms with E-state index in [1.165, 1.54) is 28.1 Å². The number of benzene rings is 5. The Hall–Kier alpha value is -2.70. The summed E-state index contributed by atoms with van der Waals surface area (Å²) in [6.45, 7) is 55.7. The van der Waals surface area contributed by atoms with Gasteiger partial charge in [-0.05, 0) is 214 Å². The van der Waals surface area contributed by atoms with Crippen molar-refractivity contribution in [3.05, 3.63) is 149 Å². The van der Waals surface area contributed by atoms with Gasteiger partial charge >= 0.3 is 0 Å². The average molecular weight is 1170 g/mol. The minimum Gasteiger partial charge on any atom is -0.497 e. The predicted molar refractivity (Wildman–Crippen MR) is 329 cm³/mol. The van der Waals surface area contributed by atoms with Gasteiger partial charge in [0.05, 0.1) is 45.2 Å². The minimum absolute atomic E-state index is 0. The molecule has 5 aromatic rings. The summed E-state index contributed by atoms with van der Waals surface area (Å²) >= 11 is 3.32. The molecule has 0 saturated heterocycles. The summed E-state index contributed by atoms with van der Waals surface area (Å²) in [5.41, 5.74) is 7.47. The second-order valence-electron chi connectivity index (χ2n) is 24.2. The summed E-state index contributed by atoms with van der Waals surface area (Å²) in [5.74, 6) is 1.77. The normalized spacial score (nSPS) is 11.5. The number of hydrogen-bond acceptors (Lipinski definition) is 4. The predicted octanol–water partition coefficient (Wildman–Crippen LogP) is 20.2. The molecule has 0 fully saturated rings. The Morgan fingerprint density at radius 2 is 0.789 bits per heavy atom. The first-order valence-electron chi connectivity index (χ1n) is 25.4. The second kappa shape index (κ2) is 32.6. The minimum atomic E-state index is -0.391. The van der Waals surface area contributed by atoms with Crippen LogP contribution >= 0.6 is 31.8 Å². The van der Waals surface area contributed by atoms with E-state index in [-0.39, 0.29) is 20.4 Å². The van der Waals surface area contributed by atoms with Crippen LogP contribution in [0.5, 0.6) is 11.5 Å². The molecule has 0 saturated carbocycles. The third-order valence-corrected chi connectivity index (χ3v) is 20.4. The van der Waals surface area contributed by atoms with E-state index in [1.54, 1.807) is 14.2 Å².